The molecule has 3 amide bonds. The van der Waals surface area contributed by atoms with Gasteiger partial charge in [0.2, 0.25) is 11.5 Å². The Labute approximate surface area is 380 Å². The summed E-state index contributed by atoms with van der Waals surface area (Å²) in [6.45, 7) is 9.43. The first-order valence-electron chi connectivity index (χ1n) is 19.5. The van der Waals surface area contributed by atoms with Crippen LogP contribution in [0.15, 0.2) is 70.3 Å². The number of amides is 3. The highest BCUT2D eigenvalue weighted by molar-refractivity contribution is 7.92. The van der Waals surface area contributed by atoms with Gasteiger partial charge in [-0.25, -0.2) is 19.4 Å². The van der Waals surface area contributed by atoms with Crippen molar-refractivity contribution in [3.63, 3.8) is 0 Å². The van der Waals surface area contributed by atoms with Crippen molar-refractivity contribution in [2.45, 2.75) is 89.9 Å². The number of carbonyl (C=O) groups excluding carboxylic acids is 6. The number of fused-ring (bicyclic) bond motifs is 1. The van der Waals surface area contributed by atoms with Gasteiger partial charge in [0.05, 0.1) is 26.5 Å². The minimum atomic E-state index is -1.87. The van der Waals surface area contributed by atoms with Crippen molar-refractivity contribution in [1.82, 2.24) is 15.2 Å². The van der Waals surface area contributed by atoms with Gasteiger partial charge in [0.15, 0.2) is 16.9 Å². The van der Waals surface area contributed by atoms with Gasteiger partial charge in [0.25, 0.3) is 11.8 Å². The van der Waals surface area contributed by atoms with Crippen molar-refractivity contribution >= 4 is 80.8 Å². The summed E-state index contributed by atoms with van der Waals surface area (Å²) in [6.07, 6.45) is -3.33. The quantitative estimate of drug-likeness (QED) is 0.0354. The fourth-order valence-electron chi connectivity index (χ4n) is 5.91. The lowest BCUT2D eigenvalue weighted by Crippen LogP contribution is -2.75. The first-order valence-corrected chi connectivity index (χ1v) is 22.3. The monoisotopic (exact) mass is 945 g/mol. The second-order valence-corrected chi connectivity index (χ2v) is 18.7. The SMILES string of the molecule is COc1ccc(COC(=O)C2=C(CCl)C[S@@+]([O-])[C@@H]3[C@H](NC(=O)C(=NO[C@@H](CC(=O)OC(C)(C)C)C(=O)OCc4ccc(OC)cc4)c4csc(NC(=O)OC(C)(C)C)n4)C(=O)N23)cc1. The number of ether oxygens (including phenoxy) is 6. The van der Waals surface area contributed by atoms with Crippen LogP contribution in [0.1, 0.15) is 64.8 Å². The van der Waals surface area contributed by atoms with E-state index in [1.165, 1.54) is 19.6 Å². The van der Waals surface area contributed by atoms with Crippen LogP contribution in [0.25, 0.3) is 0 Å². The predicted octanol–water partition coefficient (Wildman–Crippen LogP) is 4.72. The van der Waals surface area contributed by atoms with Crippen molar-refractivity contribution in [2.24, 2.45) is 5.16 Å². The van der Waals surface area contributed by atoms with Gasteiger partial charge in [-0.1, -0.05) is 29.4 Å². The predicted molar refractivity (Wildman–Crippen MR) is 233 cm³/mol. The number of aromatic nitrogens is 1. The molecule has 1 aromatic heterocycles. The number of nitrogens with zero attached hydrogens (tertiary/aromatic N) is 3. The Balaban J connectivity index is 1.41. The van der Waals surface area contributed by atoms with Gasteiger partial charge in [-0.3, -0.25) is 24.6 Å². The number of methoxy groups -OCH3 is 2. The van der Waals surface area contributed by atoms with Crippen LogP contribution >= 0.6 is 22.9 Å². The third-order valence-corrected chi connectivity index (χ3v) is 11.5. The molecule has 0 spiro atoms. The van der Waals surface area contributed by atoms with E-state index in [9.17, 15) is 33.3 Å². The Morgan fingerprint density at radius 3 is 2.05 bits per heavy atom. The van der Waals surface area contributed by atoms with Crippen molar-refractivity contribution < 1.29 is 66.6 Å². The number of halogens is 1. The standard InChI is InChI=1S/C42H48ClN5O14S2/c1-41(2,3)60-30(49)17-29(37(52)58-19-23-9-13-26(56-7)14-10-23)62-47-31(28-21-63-39(44-28)46-40(54)61-42(4,5)6)34(50)45-32-35(51)48-33(25(18-43)22-64(55)36(32)48)38(53)59-20-24-11-15-27(57-8)16-12-24/h9-16,21,29,32,36H,17-20,22H2,1-8H3,(H,45,50)(H,44,46,54)/t29-,32+,36+,64+/m0/s1. The Morgan fingerprint density at radius 2 is 1.50 bits per heavy atom. The van der Waals surface area contributed by atoms with Crippen molar-refractivity contribution in [1.29, 1.82) is 0 Å². The topological polar surface area (TPSA) is 243 Å². The number of anilines is 1. The molecular weight excluding hydrogens is 898 g/mol. The molecule has 2 aromatic carbocycles. The zero-order chi connectivity index (χ0) is 46.9. The average Bonchev–Trinajstić information content (AvgIpc) is 3.69. The van der Waals surface area contributed by atoms with Gasteiger partial charge in [-0.05, 0) is 88.1 Å². The number of esters is 3. The van der Waals surface area contributed by atoms with Crippen LogP contribution in [0.5, 0.6) is 11.5 Å². The number of thiazole rings is 1. The number of benzene rings is 2. The van der Waals surface area contributed by atoms with Gasteiger partial charge >= 0.3 is 24.0 Å². The van der Waals surface area contributed by atoms with Gasteiger partial charge in [-0.2, -0.15) is 0 Å². The lowest BCUT2D eigenvalue weighted by molar-refractivity contribution is -0.169. The highest BCUT2D eigenvalue weighted by atomic mass is 35.5. The molecule has 3 aromatic rings. The molecule has 2 N–H and O–H groups in total. The summed E-state index contributed by atoms with van der Waals surface area (Å²) < 4.78 is 45.6. The molecule has 344 valence electrons. The van der Waals surface area contributed by atoms with E-state index in [0.717, 1.165) is 16.2 Å². The number of β-lactam (4-membered cyclic amide) rings is 1. The van der Waals surface area contributed by atoms with E-state index in [4.69, 9.17) is 44.9 Å². The zero-order valence-electron chi connectivity index (χ0n) is 36.2. The van der Waals surface area contributed by atoms with Crippen molar-refractivity contribution in [3.05, 3.63) is 82.0 Å². The number of nitrogens with one attached hydrogen (secondary N) is 2. The summed E-state index contributed by atoms with van der Waals surface area (Å²) in [7, 11) is 3.01. The maximum absolute atomic E-state index is 14.2. The van der Waals surface area contributed by atoms with Crippen molar-refractivity contribution in [2.75, 3.05) is 31.2 Å². The van der Waals surface area contributed by atoms with E-state index in [-0.39, 0.29) is 46.9 Å². The summed E-state index contributed by atoms with van der Waals surface area (Å²) in [5.74, 6) is -4.02. The van der Waals surface area contributed by atoms with Gasteiger partial charge in [0, 0.05) is 11.0 Å². The first-order chi connectivity index (χ1) is 30.2. The Morgan fingerprint density at radius 1 is 0.922 bits per heavy atom. The highest BCUT2D eigenvalue weighted by Gasteiger charge is 2.61. The molecule has 1 saturated heterocycles. The number of alkyl halides is 1. The molecule has 19 nitrogen and oxygen atoms in total. The summed E-state index contributed by atoms with van der Waals surface area (Å²) in [5, 5.41) is 8.96. The molecule has 1 fully saturated rings. The number of hydrogen-bond donors (Lipinski definition) is 2. The molecule has 0 radical (unpaired) electrons. The minimum absolute atomic E-state index is 0.0372. The third kappa shape index (κ3) is 13.1. The molecule has 3 heterocycles. The normalized spacial score (nSPS) is 17.8. The minimum Gasteiger partial charge on any atom is -0.614 e. The number of oxime groups is 1. The Bertz CT molecular complexity index is 2270. The van der Waals surface area contributed by atoms with Gasteiger partial charge in [-0.15, -0.1) is 22.9 Å². The summed E-state index contributed by atoms with van der Waals surface area (Å²) in [6, 6.07) is 11.9. The second kappa shape index (κ2) is 21.2. The van der Waals surface area contributed by atoms with E-state index in [2.05, 4.69) is 20.8 Å². The van der Waals surface area contributed by atoms with Crippen LogP contribution in [0.2, 0.25) is 0 Å². The van der Waals surface area contributed by atoms with E-state index < -0.39 is 87.8 Å². The molecule has 22 heteroatoms. The summed E-state index contributed by atoms with van der Waals surface area (Å²) >= 11 is 5.17. The Hall–Kier alpha value is -5.90. The van der Waals surface area contributed by atoms with Crippen LogP contribution < -0.4 is 20.1 Å². The highest BCUT2D eigenvalue weighted by Crippen LogP contribution is 2.38. The van der Waals surface area contributed by atoms with E-state index in [0.29, 0.717) is 22.6 Å². The van der Waals surface area contributed by atoms with Crippen LogP contribution in [-0.2, 0) is 72.1 Å². The molecule has 4 atom stereocenters. The Kier molecular flexibility index (Phi) is 16.3. The van der Waals surface area contributed by atoms with E-state index in [1.54, 1.807) is 90.1 Å². The molecule has 2 aliphatic rings. The second-order valence-electron chi connectivity index (χ2n) is 16.0. The van der Waals surface area contributed by atoms with Gasteiger partial charge in [0.1, 0.15) is 53.1 Å². The molecule has 2 aliphatic heterocycles. The lowest BCUT2D eigenvalue weighted by atomic mass is 10.0. The number of hydrogen-bond acceptors (Lipinski definition) is 17. The van der Waals surface area contributed by atoms with Crippen LogP contribution in [0.3, 0.4) is 0 Å². The number of carbonyl (C=O) groups is 6. The first kappa shape index (κ1) is 49.1. The van der Waals surface area contributed by atoms with Crippen LogP contribution in [0, 0.1) is 0 Å². The molecule has 0 unspecified atom stereocenters. The molecule has 0 saturated carbocycles. The fourth-order valence-corrected chi connectivity index (χ4v) is 8.61. The fraction of sp³-hybridized carbons (Fsp3) is 0.429. The molecule has 0 bridgehead atoms. The smallest absolute Gasteiger partial charge is 0.413 e. The third-order valence-electron chi connectivity index (χ3n) is 8.79. The average molecular weight is 946 g/mol. The summed E-state index contributed by atoms with van der Waals surface area (Å²) in [5.41, 5.74) is -1.45. The summed E-state index contributed by atoms with van der Waals surface area (Å²) in [4.78, 5) is 91.4. The molecule has 0 aliphatic carbocycles. The molecule has 5 rings (SSSR count). The maximum Gasteiger partial charge on any atom is 0.413 e. The maximum atomic E-state index is 14.2. The van der Waals surface area contributed by atoms with Crippen LogP contribution in [0.4, 0.5) is 9.93 Å². The van der Waals surface area contributed by atoms with Gasteiger partial charge < -0.3 is 43.1 Å². The van der Waals surface area contributed by atoms with E-state index in [1.807, 2.05) is 0 Å². The number of rotatable bonds is 17. The molecular formula is C42H48ClN5O14S2. The zero-order valence-corrected chi connectivity index (χ0v) is 38.6. The largest absolute Gasteiger partial charge is 0.614 e. The van der Waals surface area contributed by atoms with E-state index >= 15 is 0 Å². The van der Waals surface area contributed by atoms with Crippen molar-refractivity contribution in [3.8, 4) is 11.5 Å². The molecule has 64 heavy (non-hydrogen) atoms. The lowest BCUT2D eigenvalue weighted by Gasteiger charge is -2.49. The van der Waals surface area contributed by atoms with Crippen LogP contribution in [-0.4, -0.2) is 111 Å².